The van der Waals surface area contributed by atoms with Gasteiger partial charge < -0.3 is 10.1 Å². The number of carbonyl (C=O) groups excluding carboxylic acids is 1. The van der Waals surface area contributed by atoms with E-state index in [1.807, 2.05) is 47.0 Å². The number of para-hydroxylation sites is 1. The SMILES string of the molecule is COC(=O)CSc1nnc(CNc2ccc(C)cc2)n1-c1ccccc1. The number of thioether (sulfide) groups is 1. The number of carbonyl (C=O) groups is 1. The van der Waals surface area contributed by atoms with Crippen molar-refractivity contribution in [3.05, 3.63) is 66.0 Å². The Bertz CT molecular complexity index is 863. The highest BCUT2D eigenvalue weighted by Gasteiger charge is 2.15. The van der Waals surface area contributed by atoms with Crippen LogP contribution in [0.4, 0.5) is 5.69 Å². The molecule has 134 valence electrons. The molecule has 6 nitrogen and oxygen atoms in total. The van der Waals surface area contributed by atoms with Crippen molar-refractivity contribution in [1.29, 1.82) is 0 Å². The van der Waals surface area contributed by atoms with Crippen molar-refractivity contribution in [3.8, 4) is 5.69 Å². The lowest BCUT2D eigenvalue weighted by molar-refractivity contribution is -0.137. The highest BCUT2D eigenvalue weighted by molar-refractivity contribution is 7.99. The molecule has 0 aliphatic rings. The Morgan fingerprint density at radius 1 is 1.12 bits per heavy atom. The number of hydrogen-bond donors (Lipinski definition) is 1. The molecule has 3 rings (SSSR count). The maximum Gasteiger partial charge on any atom is 0.316 e. The van der Waals surface area contributed by atoms with E-state index in [0.717, 1.165) is 17.2 Å². The Morgan fingerprint density at radius 2 is 1.85 bits per heavy atom. The van der Waals surface area contributed by atoms with Gasteiger partial charge in [-0.2, -0.15) is 0 Å². The zero-order valence-corrected chi connectivity index (χ0v) is 15.5. The zero-order valence-electron chi connectivity index (χ0n) is 14.7. The van der Waals surface area contributed by atoms with Crippen molar-refractivity contribution in [2.45, 2.75) is 18.6 Å². The second-order valence-electron chi connectivity index (χ2n) is 5.65. The van der Waals surface area contributed by atoms with Crippen LogP contribution >= 0.6 is 11.8 Å². The first-order valence-corrected chi connectivity index (χ1v) is 9.16. The minimum absolute atomic E-state index is 0.187. The Kier molecular flexibility index (Phi) is 5.91. The topological polar surface area (TPSA) is 69.0 Å². The number of methoxy groups -OCH3 is 1. The van der Waals surface area contributed by atoms with Crippen LogP contribution in [-0.2, 0) is 16.1 Å². The Labute approximate surface area is 156 Å². The van der Waals surface area contributed by atoms with E-state index in [0.29, 0.717) is 11.7 Å². The van der Waals surface area contributed by atoms with Crippen molar-refractivity contribution in [3.63, 3.8) is 0 Å². The molecule has 1 heterocycles. The van der Waals surface area contributed by atoms with Crippen LogP contribution in [-0.4, -0.2) is 33.6 Å². The van der Waals surface area contributed by atoms with E-state index in [2.05, 4.69) is 34.6 Å². The lowest BCUT2D eigenvalue weighted by Gasteiger charge is -2.11. The number of anilines is 1. The number of ether oxygens (including phenoxy) is 1. The van der Waals surface area contributed by atoms with Crippen LogP contribution in [0.3, 0.4) is 0 Å². The van der Waals surface area contributed by atoms with E-state index in [4.69, 9.17) is 4.74 Å². The fourth-order valence-electron chi connectivity index (χ4n) is 2.38. The molecule has 7 heteroatoms. The number of rotatable bonds is 7. The second-order valence-corrected chi connectivity index (χ2v) is 6.60. The van der Waals surface area contributed by atoms with Gasteiger partial charge in [0.25, 0.3) is 0 Å². The van der Waals surface area contributed by atoms with E-state index >= 15 is 0 Å². The van der Waals surface area contributed by atoms with Crippen LogP contribution < -0.4 is 5.32 Å². The molecule has 0 unspecified atom stereocenters. The van der Waals surface area contributed by atoms with E-state index in [1.54, 1.807) is 0 Å². The van der Waals surface area contributed by atoms with Crippen LogP contribution in [0.1, 0.15) is 11.4 Å². The highest BCUT2D eigenvalue weighted by atomic mass is 32.2. The smallest absolute Gasteiger partial charge is 0.316 e. The summed E-state index contributed by atoms with van der Waals surface area (Å²) < 4.78 is 6.66. The quantitative estimate of drug-likeness (QED) is 0.509. The van der Waals surface area contributed by atoms with Gasteiger partial charge >= 0.3 is 5.97 Å². The average Bonchev–Trinajstić information content (AvgIpc) is 3.09. The van der Waals surface area contributed by atoms with Crippen LogP contribution in [0.25, 0.3) is 5.69 Å². The Balaban J connectivity index is 1.83. The van der Waals surface area contributed by atoms with Crippen molar-refractivity contribution in [1.82, 2.24) is 14.8 Å². The minimum atomic E-state index is -0.294. The molecule has 0 radical (unpaired) electrons. The summed E-state index contributed by atoms with van der Waals surface area (Å²) in [6.07, 6.45) is 0. The van der Waals surface area contributed by atoms with Gasteiger partial charge in [0.05, 0.1) is 19.4 Å². The standard InChI is InChI=1S/C19H20N4O2S/c1-14-8-10-15(11-9-14)20-12-17-21-22-19(26-13-18(24)25-2)23(17)16-6-4-3-5-7-16/h3-11,20H,12-13H2,1-2H3. The third kappa shape index (κ3) is 4.43. The molecule has 0 atom stereocenters. The average molecular weight is 368 g/mol. The maximum atomic E-state index is 11.5. The van der Waals surface area contributed by atoms with E-state index < -0.39 is 0 Å². The summed E-state index contributed by atoms with van der Waals surface area (Å²) in [5, 5.41) is 12.6. The minimum Gasteiger partial charge on any atom is -0.468 e. The second kappa shape index (κ2) is 8.53. The molecule has 1 N–H and O–H groups in total. The third-order valence-corrected chi connectivity index (χ3v) is 4.67. The molecule has 0 fully saturated rings. The lowest BCUT2D eigenvalue weighted by atomic mass is 10.2. The molecular weight excluding hydrogens is 348 g/mol. The third-order valence-electron chi connectivity index (χ3n) is 3.76. The zero-order chi connectivity index (χ0) is 18.4. The molecule has 0 spiro atoms. The molecule has 0 aliphatic heterocycles. The summed E-state index contributed by atoms with van der Waals surface area (Å²) in [6.45, 7) is 2.57. The number of nitrogens with zero attached hydrogens (tertiary/aromatic N) is 3. The summed E-state index contributed by atoms with van der Waals surface area (Å²) in [5.41, 5.74) is 3.18. The van der Waals surface area contributed by atoms with E-state index in [9.17, 15) is 4.79 Å². The molecule has 2 aromatic carbocycles. The first-order valence-electron chi connectivity index (χ1n) is 8.17. The number of aryl methyl sites for hydroxylation is 1. The van der Waals surface area contributed by atoms with Gasteiger partial charge in [0.1, 0.15) is 0 Å². The van der Waals surface area contributed by atoms with Crippen molar-refractivity contribution in [2.24, 2.45) is 0 Å². The van der Waals surface area contributed by atoms with E-state index in [-0.39, 0.29) is 11.7 Å². The fraction of sp³-hybridized carbons (Fsp3) is 0.211. The molecule has 26 heavy (non-hydrogen) atoms. The molecule has 0 saturated heterocycles. The molecule has 0 bridgehead atoms. The van der Waals surface area contributed by atoms with Crippen LogP contribution in [0.15, 0.2) is 59.8 Å². The number of nitrogens with one attached hydrogen (secondary N) is 1. The van der Waals surface area contributed by atoms with Gasteiger partial charge in [0, 0.05) is 11.4 Å². The Hall–Kier alpha value is -2.80. The predicted octanol–water partition coefficient (Wildman–Crippen LogP) is 3.45. The summed E-state index contributed by atoms with van der Waals surface area (Å²) in [7, 11) is 1.38. The maximum absolute atomic E-state index is 11.5. The highest BCUT2D eigenvalue weighted by Crippen LogP contribution is 2.22. The summed E-state index contributed by atoms with van der Waals surface area (Å²) in [4.78, 5) is 11.5. The number of aromatic nitrogens is 3. The summed E-state index contributed by atoms with van der Waals surface area (Å²) in [6, 6.07) is 18.0. The molecule has 1 aromatic heterocycles. The van der Waals surface area contributed by atoms with Gasteiger partial charge in [0.2, 0.25) is 0 Å². The van der Waals surface area contributed by atoms with Gasteiger partial charge in [-0.05, 0) is 31.2 Å². The number of benzene rings is 2. The molecule has 3 aromatic rings. The van der Waals surface area contributed by atoms with Gasteiger partial charge in [-0.1, -0.05) is 47.7 Å². The van der Waals surface area contributed by atoms with Crippen LogP contribution in [0, 0.1) is 6.92 Å². The van der Waals surface area contributed by atoms with Crippen LogP contribution in [0.5, 0.6) is 0 Å². The summed E-state index contributed by atoms with van der Waals surface area (Å²) >= 11 is 1.31. The van der Waals surface area contributed by atoms with Crippen molar-refractivity contribution >= 4 is 23.4 Å². The van der Waals surface area contributed by atoms with Gasteiger partial charge in [-0.3, -0.25) is 9.36 Å². The van der Waals surface area contributed by atoms with Gasteiger partial charge in [-0.25, -0.2) is 0 Å². The fourth-order valence-corrected chi connectivity index (χ4v) is 3.18. The van der Waals surface area contributed by atoms with Gasteiger partial charge in [-0.15, -0.1) is 10.2 Å². The molecule has 0 saturated carbocycles. The molecule has 0 aliphatic carbocycles. The largest absolute Gasteiger partial charge is 0.468 e. The lowest BCUT2D eigenvalue weighted by Crippen LogP contribution is -2.09. The monoisotopic (exact) mass is 368 g/mol. The predicted molar refractivity (Wildman–Crippen MR) is 103 cm³/mol. The van der Waals surface area contributed by atoms with Gasteiger partial charge in [0.15, 0.2) is 11.0 Å². The van der Waals surface area contributed by atoms with Crippen molar-refractivity contribution < 1.29 is 9.53 Å². The number of esters is 1. The molecule has 0 amide bonds. The normalized spacial score (nSPS) is 10.5. The molecular formula is C19H20N4O2S. The van der Waals surface area contributed by atoms with Crippen molar-refractivity contribution in [2.75, 3.05) is 18.2 Å². The van der Waals surface area contributed by atoms with E-state index in [1.165, 1.54) is 24.4 Å². The number of hydrogen-bond acceptors (Lipinski definition) is 6. The van der Waals surface area contributed by atoms with Crippen LogP contribution in [0.2, 0.25) is 0 Å². The summed E-state index contributed by atoms with van der Waals surface area (Å²) in [5.74, 6) is 0.661. The Morgan fingerprint density at radius 3 is 2.54 bits per heavy atom. The first kappa shape index (κ1) is 18.0. The first-order chi connectivity index (χ1) is 12.7.